The second-order valence-electron chi connectivity index (χ2n) is 4.51. The molecular formula is C16H17NO2. The van der Waals surface area contributed by atoms with Crippen LogP contribution in [0.5, 0.6) is 0 Å². The van der Waals surface area contributed by atoms with Crippen molar-refractivity contribution in [3.05, 3.63) is 65.7 Å². The number of anilines is 1. The Bertz CT molecular complexity index is 550. The van der Waals surface area contributed by atoms with Crippen molar-refractivity contribution >= 4 is 11.6 Å². The molecule has 0 aliphatic heterocycles. The third kappa shape index (κ3) is 3.93. The van der Waals surface area contributed by atoms with E-state index in [1.54, 1.807) is 13.0 Å². The van der Waals surface area contributed by atoms with Gasteiger partial charge in [0.25, 0.3) is 0 Å². The summed E-state index contributed by atoms with van der Waals surface area (Å²) in [6, 6.07) is 16.8. The number of rotatable bonds is 4. The molecule has 2 N–H and O–H groups in total. The minimum Gasteiger partial charge on any atom is -0.389 e. The quantitative estimate of drug-likeness (QED) is 0.882. The first kappa shape index (κ1) is 13.3. The normalized spacial score (nSPS) is 11.9. The molecule has 0 aliphatic carbocycles. The Morgan fingerprint density at radius 3 is 2.58 bits per heavy atom. The van der Waals surface area contributed by atoms with Crippen molar-refractivity contribution in [1.29, 1.82) is 0 Å². The van der Waals surface area contributed by atoms with Crippen molar-refractivity contribution in [2.75, 3.05) is 5.32 Å². The zero-order valence-corrected chi connectivity index (χ0v) is 10.8. The number of nitrogens with one attached hydrogen (secondary N) is 1. The maximum atomic E-state index is 11.9. The fourth-order valence-electron chi connectivity index (χ4n) is 1.86. The van der Waals surface area contributed by atoms with Gasteiger partial charge in [-0.25, -0.2) is 0 Å². The van der Waals surface area contributed by atoms with Gasteiger partial charge >= 0.3 is 0 Å². The number of carbonyl (C=O) groups excluding carboxylic acids is 1. The van der Waals surface area contributed by atoms with Crippen LogP contribution in [-0.2, 0) is 11.2 Å². The molecule has 98 valence electrons. The summed E-state index contributed by atoms with van der Waals surface area (Å²) in [5, 5.41) is 12.3. The highest BCUT2D eigenvalue weighted by Gasteiger charge is 2.06. The highest BCUT2D eigenvalue weighted by molar-refractivity contribution is 5.92. The van der Waals surface area contributed by atoms with Crippen LogP contribution in [0.3, 0.4) is 0 Å². The van der Waals surface area contributed by atoms with Crippen LogP contribution < -0.4 is 5.32 Å². The van der Waals surface area contributed by atoms with Gasteiger partial charge in [-0.3, -0.25) is 4.79 Å². The molecule has 2 rings (SSSR count). The summed E-state index contributed by atoms with van der Waals surface area (Å²) in [7, 11) is 0. The van der Waals surface area contributed by atoms with Crippen LogP contribution in [0, 0.1) is 0 Å². The molecule has 0 aliphatic rings. The molecule has 3 heteroatoms. The van der Waals surface area contributed by atoms with Gasteiger partial charge in [-0.2, -0.15) is 0 Å². The smallest absolute Gasteiger partial charge is 0.228 e. The molecule has 0 heterocycles. The van der Waals surface area contributed by atoms with E-state index >= 15 is 0 Å². The number of benzene rings is 2. The average Bonchev–Trinajstić information content (AvgIpc) is 2.40. The Kier molecular flexibility index (Phi) is 4.31. The molecule has 1 amide bonds. The van der Waals surface area contributed by atoms with Crippen molar-refractivity contribution in [3.63, 3.8) is 0 Å². The molecule has 2 aromatic rings. The predicted molar refractivity (Wildman–Crippen MR) is 75.9 cm³/mol. The Hall–Kier alpha value is -2.13. The van der Waals surface area contributed by atoms with Crippen LogP contribution in [0.1, 0.15) is 24.2 Å². The maximum Gasteiger partial charge on any atom is 0.228 e. The van der Waals surface area contributed by atoms with E-state index in [1.165, 1.54) is 0 Å². The number of hydrogen-bond acceptors (Lipinski definition) is 2. The first-order valence-corrected chi connectivity index (χ1v) is 6.27. The number of aliphatic hydroxyl groups is 1. The molecule has 0 aromatic heterocycles. The first-order chi connectivity index (χ1) is 9.15. The van der Waals surface area contributed by atoms with Crippen LogP contribution in [0.2, 0.25) is 0 Å². The Labute approximate surface area is 112 Å². The van der Waals surface area contributed by atoms with Gasteiger partial charge in [-0.1, -0.05) is 42.5 Å². The summed E-state index contributed by atoms with van der Waals surface area (Å²) in [6.45, 7) is 1.70. The van der Waals surface area contributed by atoms with Crippen molar-refractivity contribution in [3.8, 4) is 0 Å². The molecule has 3 nitrogen and oxygen atoms in total. The second-order valence-corrected chi connectivity index (χ2v) is 4.51. The Morgan fingerprint density at radius 2 is 1.89 bits per heavy atom. The van der Waals surface area contributed by atoms with E-state index in [2.05, 4.69) is 5.32 Å². The van der Waals surface area contributed by atoms with Gasteiger partial charge in [0.15, 0.2) is 0 Å². The van der Waals surface area contributed by atoms with Crippen molar-refractivity contribution < 1.29 is 9.90 Å². The lowest BCUT2D eigenvalue weighted by molar-refractivity contribution is -0.115. The summed E-state index contributed by atoms with van der Waals surface area (Å²) < 4.78 is 0. The fraction of sp³-hybridized carbons (Fsp3) is 0.188. The average molecular weight is 255 g/mol. The van der Waals surface area contributed by atoms with Gasteiger partial charge in [-0.05, 0) is 30.2 Å². The number of carbonyl (C=O) groups is 1. The molecule has 0 saturated carbocycles. The van der Waals surface area contributed by atoms with Gasteiger partial charge in [0.2, 0.25) is 5.91 Å². The molecule has 1 atom stereocenters. The lowest BCUT2D eigenvalue weighted by atomic mass is 10.1. The monoisotopic (exact) mass is 255 g/mol. The lowest BCUT2D eigenvalue weighted by Gasteiger charge is -2.09. The van der Waals surface area contributed by atoms with E-state index in [0.29, 0.717) is 12.1 Å². The van der Waals surface area contributed by atoms with Crippen LogP contribution in [0.15, 0.2) is 54.6 Å². The van der Waals surface area contributed by atoms with E-state index in [9.17, 15) is 9.90 Å². The molecule has 0 bridgehead atoms. The van der Waals surface area contributed by atoms with Gasteiger partial charge in [-0.15, -0.1) is 0 Å². The van der Waals surface area contributed by atoms with E-state index in [4.69, 9.17) is 0 Å². The van der Waals surface area contributed by atoms with Crippen LogP contribution in [0.25, 0.3) is 0 Å². The van der Waals surface area contributed by atoms with Crippen LogP contribution in [-0.4, -0.2) is 11.0 Å². The predicted octanol–water partition coefficient (Wildman–Crippen LogP) is 2.92. The van der Waals surface area contributed by atoms with E-state index < -0.39 is 6.10 Å². The molecular weight excluding hydrogens is 238 g/mol. The van der Waals surface area contributed by atoms with Gasteiger partial charge in [0.1, 0.15) is 0 Å². The SMILES string of the molecule is C[C@H](O)c1cccc(NC(=O)Cc2ccccc2)c1. The minimum absolute atomic E-state index is 0.0612. The van der Waals surface area contributed by atoms with Gasteiger partial charge in [0.05, 0.1) is 12.5 Å². The molecule has 2 aromatic carbocycles. The molecule has 0 saturated heterocycles. The summed E-state index contributed by atoms with van der Waals surface area (Å²) in [5.74, 6) is -0.0612. The summed E-state index contributed by atoms with van der Waals surface area (Å²) in [4.78, 5) is 11.9. The highest BCUT2D eigenvalue weighted by atomic mass is 16.3. The van der Waals surface area contributed by atoms with E-state index in [0.717, 1.165) is 11.1 Å². The zero-order chi connectivity index (χ0) is 13.7. The lowest BCUT2D eigenvalue weighted by Crippen LogP contribution is -2.14. The number of hydrogen-bond donors (Lipinski definition) is 2. The van der Waals surface area contributed by atoms with Gasteiger partial charge < -0.3 is 10.4 Å². The van der Waals surface area contributed by atoms with Gasteiger partial charge in [0, 0.05) is 5.69 Å². The fourth-order valence-corrected chi connectivity index (χ4v) is 1.86. The van der Waals surface area contributed by atoms with E-state index in [1.807, 2.05) is 48.5 Å². The topological polar surface area (TPSA) is 49.3 Å². The minimum atomic E-state index is -0.536. The number of aliphatic hydroxyl groups excluding tert-OH is 1. The van der Waals surface area contributed by atoms with Crippen molar-refractivity contribution in [1.82, 2.24) is 0 Å². The zero-order valence-electron chi connectivity index (χ0n) is 10.8. The maximum absolute atomic E-state index is 11.9. The highest BCUT2D eigenvalue weighted by Crippen LogP contribution is 2.17. The molecule has 19 heavy (non-hydrogen) atoms. The number of amides is 1. The largest absolute Gasteiger partial charge is 0.389 e. The molecule has 0 fully saturated rings. The summed E-state index contributed by atoms with van der Waals surface area (Å²) in [5.41, 5.74) is 2.48. The Balaban J connectivity index is 2.01. The summed E-state index contributed by atoms with van der Waals surface area (Å²) in [6.07, 6.45) is -0.189. The molecule has 0 radical (unpaired) electrons. The van der Waals surface area contributed by atoms with Crippen molar-refractivity contribution in [2.45, 2.75) is 19.4 Å². The molecule has 0 unspecified atom stereocenters. The van der Waals surface area contributed by atoms with E-state index in [-0.39, 0.29) is 5.91 Å². The van der Waals surface area contributed by atoms with Crippen LogP contribution in [0.4, 0.5) is 5.69 Å². The second kappa shape index (κ2) is 6.16. The van der Waals surface area contributed by atoms with Crippen LogP contribution >= 0.6 is 0 Å². The third-order valence-corrected chi connectivity index (χ3v) is 2.86. The third-order valence-electron chi connectivity index (χ3n) is 2.86. The van der Waals surface area contributed by atoms with Crippen molar-refractivity contribution in [2.24, 2.45) is 0 Å². The Morgan fingerprint density at radius 1 is 1.16 bits per heavy atom. The molecule has 0 spiro atoms. The standard InChI is InChI=1S/C16H17NO2/c1-12(18)14-8-5-9-15(11-14)17-16(19)10-13-6-3-2-4-7-13/h2-9,11-12,18H,10H2,1H3,(H,17,19)/t12-/m0/s1. The summed E-state index contributed by atoms with van der Waals surface area (Å²) >= 11 is 0. The first-order valence-electron chi connectivity index (χ1n) is 6.27.